The Bertz CT molecular complexity index is 520. The SMILES string of the molecule is Cc1ccccc1S(=O)(=O)NCC1CC1(C)C. The van der Waals surface area contributed by atoms with Gasteiger partial charge in [-0.3, -0.25) is 0 Å². The molecule has 1 N–H and O–H groups in total. The van der Waals surface area contributed by atoms with E-state index in [0.29, 0.717) is 22.8 Å². The summed E-state index contributed by atoms with van der Waals surface area (Å²) in [6, 6.07) is 7.06. The van der Waals surface area contributed by atoms with E-state index < -0.39 is 10.0 Å². The highest BCUT2D eigenvalue weighted by molar-refractivity contribution is 7.89. The van der Waals surface area contributed by atoms with Crippen LogP contribution in [0, 0.1) is 18.3 Å². The summed E-state index contributed by atoms with van der Waals surface area (Å²) in [5.41, 5.74) is 1.09. The zero-order valence-corrected chi connectivity index (χ0v) is 11.3. The smallest absolute Gasteiger partial charge is 0.211 e. The van der Waals surface area contributed by atoms with E-state index in [2.05, 4.69) is 18.6 Å². The lowest BCUT2D eigenvalue weighted by molar-refractivity contribution is 0.537. The molecular formula is C13H19NO2S. The lowest BCUT2D eigenvalue weighted by Crippen LogP contribution is -2.27. The molecule has 94 valence electrons. The average molecular weight is 253 g/mol. The Kier molecular flexibility index (Phi) is 3.04. The number of hydrogen-bond acceptors (Lipinski definition) is 2. The summed E-state index contributed by atoms with van der Waals surface area (Å²) in [7, 11) is -3.35. The fourth-order valence-electron chi connectivity index (χ4n) is 2.07. The Labute approximate surface area is 103 Å². The third-order valence-electron chi connectivity index (χ3n) is 3.62. The quantitative estimate of drug-likeness (QED) is 0.895. The van der Waals surface area contributed by atoms with Gasteiger partial charge in [0.25, 0.3) is 0 Å². The summed E-state index contributed by atoms with van der Waals surface area (Å²) in [6.07, 6.45) is 1.10. The van der Waals surface area contributed by atoms with Crippen molar-refractivity contribution in [3.8, 4) is 0 Å². The molecule has 0 heterocycles. The van der Waals surface area contributed by atoms with E-state index in [9.17, 15) is 8.42 Å². The summed E-state index contributed by atoms with van der Waals surface area (Å²) in [5, 5.41) is 0. The molecule has 1 aromatic rings. The van der Waals surface area contributed by atoms with Crippen LogP contribution >= 0.6 is 0 Å². The molecule has 0 radical (unpaired) electrons. The van der Waals surface area contributed by atoms with Crippen LogP contribution in [0.15, 0.2) is 29.2 Å². The monoisotopic (exact) mass is 253 g/mol. The van der Waals surface area contributed by atoms with Gasteiger partial charge in [0.2, 0.25) is 10.0 Å². The van der Waals surface area contributed by atoms with Crippen LogP contribution in [0.5, 0.6) is 0 Å². The van der Waals surface area contributed by atoms with Crippen molar-refractivity contribution in [2.75, 3.05) is 6.54 Å². The van der Waals surface area contributed by atoms with Crippen LogP contribution < -0.4 is 4.72 Å². The molecule has 1 aliphatic carbocycles. The Morgan fingerprint density at radius 3 is 2.47 bits per heavy atom. The number of benzene rings is 1. The van der Waals surface area contributed by atoms with E-state index in [1.807, 2.05) is 19.1 Å². The number of aryl methyl sites for hydroxylation is 1. The summed E-state index contributed by atoms with van der Waals surface area (Å²) >= 11 is 0. The second-order valence-electron chi connectivity index (χ2n) is 5.51. The molecule has 3 nitrogen and oxygen atoms in total. The van der Waals surface area contributed by atoms with Crippen molar-refractivity contribution in [1.29, 1.82) is 0 Å². The Morgan fingerprint density at radius 1 is 1.35 bits per heavy atom. The normalized spacial score (nSPS) is 22.4. The molecule has 0 amide bonds. The van der Waals surface area contributed by atoms with Gasteiger partial charge >= 0.3 is 0 Å². The molecule has 1 aromatic carbocycles. The van der Waals surface area contributed by atoms with E-state index >= 15 is 0 Å². The van der Waals surface area contributed by atoms with Crippen LogP contribution in [-0.2, 0) is 10.0 Å². The van der Waals surface area contributed by atoms with Crippen LogP contribution in [0.1, 0.15) is 25.8 Å². The molecular weight excluding hydrogens is 234 g/mol. The molecule has 1 fully saturated rings. The van der Waals surface area contributed by atoms with Crippen LogP contribution in [0.3, 0.4) is 0 Å². The van der Waals surface area contributed by atoms with Gasteiger partial charge in [-0.1, -0.05) is 32.0 Å². The number of nitrogens with one attached hydrogen (secondary N) is 1. The maximum atomic E-state index is 12.1. The maximum Gasteiger partial charge on any atom is 0.240 e. The van der Waals surface area contributed by atoms with Crippen LogP contribution in [0.25, 0.3) is 0 Å². The van der Waals surface area contributed by atoms with Crippen molar-refractivity contribution in [3.63, 3.8) is 0 Å². The largest absolute Gasteiger partial charge is 0.240 e. The van der Waals surface area contributed by atoms with Crippen molar-refractivity contribution in [1.82, 2.24) is 4.72 Å². The highest BCUT2D eigenvalue weighted by Crippen LogP contribution is 2.51. The minimum Gasteiger partial charge on any atom is -0.211 e. The van der Waals surface area contributed by atoms with Crippen LogP contribution in [0.4, 0.5) is 0 Å². The molecule has 1 saturated carbocycles. The van der Waals surface area contributed by atoms with Crippen molar-refractivity contribution in [2.24, 2.45) is 11.3 Å². The van der Waals surface area contributed by atoms with Gasteiger partial charge in [0, 0.05) is 6.54 Å². The van der Waals surface area contributed by atoms with E-state index in [0.717, 1.165) is 12.0 Å². The van der Waals surface area contributed by atoms with Gasteiger partial charge in [-0.25, -0.2) is 13.1 Å². The predicted octanol–water partition coefficient (Wildman–Crippen LogP) is 2.32. The molecule has 4 heteroatoms. The third kappa shape index (κ3) is 2.69. The molecule has 2 rings (SSSR count). The lowest BCUT2D eigenvalue weighted by atomic mass is 10.1. The van der Waals surface area contributed by atoms with E-state index in [-0.39, 0.29) is 0 Å². The number of hydrogen-bond donors (Lipinski definition) is 1. The van der Waals surface area contributed by atoms with Gasteiger partial charge in [0.15, 0.2) is 0 Å². The zero-order valence-electron chi connectivity index (χ0n) is 10.5. The first-order valence-corrected chi connectivity index (χ1v) is 7.36. The van der Waals surface area contributed by atoms with Gasteiger partial charge < -0.3 is 0 Å². The van der Waals surface area contributed by atoms with Gasteiger partial charge in [0.05, 0.1) is 4.90 Å². The van der Waals surface area contributed by atoms with E-state index in [1.165, 1.54) is 0 Å². The highest BCUT2D eigenvalue weighted by Gasteiger charge is 2.45. The molecule has 0 spiro atoms. The van der Waals surface area contributed by atoms with Crippen molar-refractivity contribution in [3.05, 3.63) is 29.8 Å². The molecule has 0 saturated heterocycles. The maximum absolute atomic E-state index is 12.1. The first-order valence-electron chi connectivity index (χ1n) is 5.88. The summed E-state index contributed by atoms with van der Waals surface area (Å²) < 4.78 is 26.9. The lowest BCUT2D eigenvalue weighted by Gasteiger charge is -2.09. The van der Waals surface area contributed by atoms with Gasteiger partial charge in [-0.15, -0.1) is 0 Å². The molecule has 0 aliphatic heterocycles. The standard InChI is InChI=1S/C13H19NO2S/c1-10-6-4-5-7-12(10)17(15,16)14-9-11-8-13(11,2)3/h4-7,11,14H,8-9H2,1-3H3. The highest BCUT2D eigenvalue weighted by atomic mass is 32.2. The third-order valence-corrected chi connectivity index (χ3v) is 5.20. The number of sulfonamides is 1. The Hall–Kier alpha value is -0.870. The average Bonchev–Trinajstić information content (AvgIpc) is 2.84. The van der Waals surface area contributed by atoms with Crippen molar-refractivity contribution >= 4 is 10.0 Å². The zero-order chi connectivity index (χ0) is 12.7. The van der Waals surface area contributed by atoms with Crippen LogP contribution in [0.2, 0.25) is 0 Å². The van der Waals surface area contributed by atoms with Gasteiger partial charge in [-0.05, 0) is 36.3 Å². The fourth-order valence-corrected chi connectivity index (χ4v) is 3.40. The topological polar surface area (TPSA) is 46.2 Å². The van der Waals surface area contributed by atoms with E-state index in [1.54, 1.807) is 12.1 Å². The fraction of sp³-hybridized carbons (Fsp3) is 0.538. The van der Waals surface area contributed by atoms with Crippen molar-refractivity contribution in [2.45, 2.75) is 32.1 Å². The van der Waals surface area contributed by atoms with Crippen molar-refractivity contribution < 1.29 is 8.42 Å². The minimum absolute atomic E-state index is 0.300. The second kappa shape index (κ2) is 4.10. The molecule has 17 heavy (non-hydrogen) atoms. The molecule has 1 unspecified atom stereocenters. The van der Waals surface area contributed by atoms with E-state index in [4.69, 9.17) is 0 Å². The molecule has 0 bridgehead atoms. The molecule has 1 aliphatic rings. The van der Waals surface area contributed by atoms with Gasteiger partial charge in [-0.2, -0.15) is 0 Å². The Morgan fingerprint density at radius 2 is 1.94 bits per heavy atom. The summed E-state index contributed by atoms with van der Waals surface area (Å²) in [4.78, 5) is 0.387. The van der Waals surface area contributed by atoms with Crippen LogP contribution in [-0.4, -0.2) is 15.0 Å². The number of rotatable bonds is 4. The Balaban J connectivity index is 2.08. The second-order valence-corrected chi connectivity index (χ2v) is 7.24. The molecule has 0 aromatic heterocycles. The van der Waals surface area contributed by atoms with Gasteiger partial charge in [0.1, 0.15) is 0 Å². The summed E-state index contributed by atoms with van der Waals surface area (Å²) in [5.74, 6) is 0.473. The predicted molar refractivity (Wildman–Crippen MR) is 68.3 cm³/mol. The first-order chi connectivity index (χ1) is 7.83. The summed E-state index contributed by atoms with van der Waals surface area (Å²) in [6.45, 7) is 6.69. The minimum atomic E-state index is -3.35. The first kappa shape index (κ1) is 12.6. The molecule has 1 atom stereocenters.